The van der Waals surface area contributed by atoms with Crippen molar-refractivity contribution in [3.63, 3.8) is 0 Å². The summed E-state index contributed by atoms with van der Waals surface area (Å²) < 4.78 is 36.6. The van der Waals surface area contributed by atoms with Crippen LogP contribution < -0.4 is 9.80 Å². The fourth-order valence-electron chi connectivity index (χ4n) is 2.15. The maximum absolute atomic E-state index is 12.2. The number of alkyl halides is 3. The number of anilines is 2. The third kappa shape index (κ3) is 2.72. The monoisotopic (exact) mass is 288 g/mol. The first-order valence-corrected chi connectivity index (χ1v) is 6.08. The van der Waals surface area contributed by atoms with E-state index in [1.807, 2.05) is 0 Å². The molecule has 0 aromatic heterocycles. The molecule has 1 aliphatic heterocycles. The number of amides is 1. The quantitative estimate of drug-likeness (QED) is 0.926. The van der Waals surface area contributed by atoms with Gasteiger partial charge in [-0.3, -0.25) is 4.79 Å². The summed E-state index contributed by atoms with van der Waals surface area (Å²) in [4.78, 5) is 14.4. The fourth-order valence-corrected chi connectivity index (χ4v) is 2.15. The van der Waals surface area contributed by atoms with Crippen molar-refractivity contribution in [1.29, 1.82) is 0 Å². The summed E-state index contributed by atoms with van der Waals surface area (Å²) in [5.41, 5.74) is 1.58. The average molecular weight is 288 g/mol. The number of likely N-dealkylation sites (N-methyl/N-ethyl adjacent to an activating group) is 1. The van der Waals surface area contributed by atoms with Gasteiger partial charge in [0.15, 0.2) is 6.10 Å². The van der Waals surface area contributed by atoms with E-state index in [2.05, 4.69) is 0 Å². The summed E-state index contributed by atoms with van der Waals surface area (Å²) in [6.07, 6.45) is -6.30. The number of carbonyl (C=O) groups is 1. The second-order valence-electron chi connectivity index (χ2n) is 4.83. The predicted octanol–water partition coefficient (Wildman–Crippen LogP) is 2.08. The van der Waals surface area contributed by atoms with Gasteiger partial charge in [0.2, 0.25) is 0 Å². The fraction of sp³-hybridized carbons (Fsp3) is 0.462. The second-order valence-corrected chi connectivity index (χ2v) is 4.83. The number of aliphatic hydroxyl groups excluding tert-OH is 1. The molecule has 1 aliphatic rings. The molecule has 0 aliphatic carbocycles. The lowest BCUT2D eigenvalue weighted by atomic mass is 10.1. The van der Waals surface area contributed by atoms with Gasteiger partial charge in [-0.15, -0.1) is 0 Å². The Morgan fingerprint density at radius 3 is 2.65 bits per heavy atom. The van der Waals surface area contributed by atoms with Crippen molar-refractivity contribution in [1.82, 2.24) is 0 Å². The lowest BCUT2D eigenvalue weighted by molar-refractivity contribution is -0.132. The summed E-state index contributed by atoms with van der Waals surface area (Å²) in [5.74, 6) is -0.435. The molecule has 0 spiro atoms. The van der Waals surface area contributed by atoms with Gasteiger partial charge < -0.3 is 14.9 Å². The Morgan fingerprint density at radius 1 is 1.40 bits per heavy atom. The van der Waals surface area contributed by atoms with E-state index in [9.17, 15) is 23.1 Å². The van der Waals surface area contributed by atoms with E-state index in [0.29, 0.717) is 16.9 Å². The van der Waals surface area contributed by atoms with E-state index in [4.69, 9.17) is 0 Å². The first-order chi connectivity index (χ1) is 9.20. The number of benzene rings is 1. The molecule has 1 unspecified atom stereocenters. The first-order valence-electron chi connectivity index (χ1n) is 6.08. The molecule has 0 radical (unpaired) electrons. The van der Waals surface area contributed by atoms with Crippen molar-refractivity contribution in [2.75, 3.05) is 30.4 Å². The van der Waals surface area contributed by atoms with Gasteiger partial charge in [0.1, 0.15) is 0 Å². The number of fused-ring (bicyclic) bond motifs is 1. The Morgan fingerprint density at radius 2 is 2.05 bits per heavy atom. The van der Waals surface area contributed by atoms with Gasteiger partial charge in [0.25, 0.3) is 5.91 Å². The average Bonchev–Trinajstić information content (AvgIpc) is 2.60. The van der Waals surface area contributed by atoms with Crippen LogP contribution in [0.2, 0.25) is 0 Å². The summed E-state index contributed by atoms with van der Waals surface area (Å²) in [7, 11) is 3.08. The zero-order valence-electron chi connectivity index (χ0n) is 11.1. The molecule has 0 saturated carbocycles. The largest absolute Gasteiger partial charge is 0.390 e. The second kappa shape index (κ2) is 4.97. The van der Waals surface area contributed by atoms with Crippen LogP contribution in [0.5, 0.6) is 0 Å². The normalized spacial score (nSPS) is 18.4. The topological polar surface area (TPSA) is 43.8 Å². The van der Waals surface area contributed by atoms with Gasteiger partial charge in [-0.05, 0) is 12.1 Å². The van der Waals surface area contributed by atoms with Gasteiger partial charge >= 0.3 is 6.18 Å². The minimum atomic E-state index is -4.20. The molecule has 4 nitrogen and oxygen atoms in total. The molecule has 2 rings (SSSR count). The zero-order chi connectivity index (χ0) is 15.1. The van der Waals surface area contributed by atoms with Gasteiger partial charge in [-0.1, -0.05) is 6.07 Å². The summed E-state index contributed by atoms with van der Waals surface area (Å²) in [6.45, 7) is -0.164. The summed E-state index contributed by atoms with van der Waals surface area (Å²) in [6, 6.07) is 4.78. The van der Waals surface area contributed by atoms with Crippen molar-refractivity contribution in [2.45, 2.75) is 18.7 Å². The van der Waals surface area contributed by atoms with Crippen molar-refractivity contribution in [2.24, 2.45) is 0 Å². The van der Waals surface area contributed by atoms with Crippen LogP contribution in [0, 0.1) is 0 Å². The van der Waals surface area contributed by atoms with Crippen LogP contribution in [0.3, 0.4) is 0 Å². The molecule has 0 saturated heterocycles. The van der Waals surface area contributed by atoms with E-state index in [1.54, 1.807) is 25.2 Å². The third-order valence-corrected chi connectivity index (χ3v) is 3.41. The molecular weight excluding hydrogens is 273 g/mol. The summed E-state index contributed by atoms with van der Waals surface area (Å²) in [5, 5.41) is 9.71. The molecule has 0 bridgehead atoms. The van der Waals surface area contributed by atoms with Crippen molar-refractivity contribution in [3.05, 3.63) is 23.8 Å². The third-order valence-electron chi connectivity index (χ3n) is 3.41. The van der Waals surface area contributed by atoms with Crippen molar-refractivity contribution in [3.8, 4) is 0 Å². The molecule has 1 heterocycles. The van der Waals surface area contributed by atoms with Crippen molar-refractivity contribution >= 4 is 17.3 Å². The highest BCUT2D eigenvalue weighted by atomic mass is 19.4. The number of rotatable bonds is 3. The Balaban J connectivity index is 2.18. The molecule has 1 N–H and O–H groups in total. The van der Waals surface area contributed by atoms with Crippen LogP contribution in [0.4, 0.5) is 24.5 Å². The van der Waals surface area contributed by atoms with Crippen LogP contribution >= 0.6 is 0 Å². The molecule has 1 aromatic rings. The van der Waals surface area contributed by atoms with E-state index in [0.717, 1.165) is 0 Å². The lowest BCUT2D eigenvalue weighted by Gasteiger charge is -2.21. The minimum absolute atomic E-state index is 0.164. The van der Waals surface area contributed by atoms with E-state index >= 15 is 0 Å². The Kier molecular flexibility index (Phi) is 3.64. The van der Waals surface area contributed by atoms with E-state index in [-0.39, 0.29) is 6.54 Å². The highest BCUT2D eigenvalue weighted by Gasteiger charge is 2.34. The van der Waals surface area contributed by atoms with E-state index in [1.165, 1.54) is 16.8 Å². The van der Waals surface area contributed by atoms with Crippen molar-refractivity contribution < 1.29 is 23.1 Å². The molecule has 7 heteroatoms. The minimum Gasteiger partial charge on any atom is -0.378 e. The molecule has 1 aromatic carbocycles. The highest BCUT2D eigenvalue weighted by molar-refractivity contribution is 6.03. The molecule has 20 heavy (non-hydrogen) atoms. The zero-order valence-corrected chi connectivity index (χ0v) is 11.1. The first kappa shape index (κ1) is 14.6. The number of hydrogen-bond donors (Lipinski definition) is 1. The lowest BCUT2D eigenvalue weighted by Crippen LogP contribution is -2.25. The van der Waals surface area contributed by atoms with Gasteiger partial charge in [0, 0.05) is 31.9 Å². The van der Waals surface area contributed by atoms with Crippen LogP contribution in [-0.2, 0) is 4.79 Å². The van der Waals surface area contributed by atoms with E-state index < -0.39 is 24.6 Å². The molecule has 0 fully saturated rings. The summed E-state index contributed by atoms with van der Waals surface area (Å²) >= 11 is 0. The number of halogens is 3. The number of nitrogens with zero attached hydrogens (tertiary/aromatic N) is 2. The van der Waals surface area contributed by atoms with Gasteiger partial charge in [-0.25, -0.2) is 0 Å². The van der Waals surface area contributed by atoms with Gasteiger partial charge in [-0.2, -0.15) is 13.2 Å². The molecule has 1 atom stereocenters. The van der Waals surface area contributed by atoms with Gasteiger partial charge in [0.05, 0.1) is 12.1 Å². The van der Waals surface area contributed by atoms with Crippen LogP contribution in [0.15, 0.2) is 18.2 Å². The Hall–Kier alpha value is -1.76. The molecule has 110 valence electrons. The Labute approximate surface area is 114 Å². The predicted molar refractivity (Wildman–Crippen MR) is 68.8 cm³/mol. The number of aliphatic hydroxyl groups is 1. The maximum Gasteiger partial charge on any atom is 0.390 e. The molecule has 1 amide bonds. The highest BCUT2D eigenvalue weighted by Crippen LogP contribution is 2.37. The van der Waals surface area contributed by atoms with Crippen LogP contribution in [-0.4, -0.2) is 37.8 Å². The molecular formula is C13H15F3N2O2. The standard InChI is InChI=1S/C13H15F3N2O2/c1-17(6-5-13(14,15)16)8-3-4-9-10(7-8)18(2)12(20)11(9)19/h3-4,7,11,19H,5-6H2,1-2H3. The smallest absolute Gasteiger partial charge is 0.378 e. The van der Waals surface area contributed by atoms with Crippen LogP contribution in [0.25, 0.3) is 0 Å². The maximum atomic E-state index is 12.2. The van der Waals surface area contributed by atoms with Crippen LogP contribution in [0.1, 0.15) is 18.1 Å². The SMILES string of the molecule is CN(CCC(F)(F)F)c1ccc2c(c1)N(C)C(=O)C2O. The number of carbonyl (C=O) groups excluding carboxylic acids is 1. The number of hydrogen-bond acceptors (Lipinski definition) is 3. The Bertz CT molecular complexity index is 531.